The maximum absolute atomic E-state index is 12.1. The molecule has 24 heavy (non-hydrogen) atoms. The van der Waals surface area contributed by atoms with Crippen LogP contribution in [-0.2, 0) is 10.0 Å². The summed E-state index contributed by atoms with van der Waals surface area (Å²) in [6.45, 7) is 0.312. The lowest BCUT2D eigenvalue weighted by Gasteiger charge is -2.09. The van der Waals surface area contributed by atoms with E-state index in [-0.39, 0.29) is 11.4 Å². The highest BCUT2D eigenvalue weighted by Crippen LogP contribution is 2.23. The van der Waals surface area contributed by atoms with Gasteiger partial charge < -0.3 is 14.7 Å². The fraction of sp³-hybridized carbons (Fsp3) is 0.417. The number of rotatable bonds is 8. The number of sulfonamides is 1. The first-order chi connectivity index (χ1) is 11.2. The lowest BCUT2D eigenvalue weighted by molar-refractivity contribution is -0.0440. The zero-order valence-electron chi connectivity index (χ0n) is 12.1. The lowest BCUT2D eigenvalue weighted by atomic mass is 10.3. The van der Waals surface area contributed by atoms with Crippen molar-refractivity contribution in [3.05, 3.63) is 28.7 Å². The Hall–Kier alpha value is -1.66. The molecule has 0 spiro atoms. The third kappa shape index (κ3) is 4.92. The van der Waals surface area contributed by atoms with Crippen molar-refractivity contribution in [2.45, 2.75) is 18.3 Å². The van der Waals surface area contributed by atoms with Crippen molar-refractivity contribution in [1.82, 2.24) is 14.1 Å². The molecule has 0 radical (unpaired) electrons. The van der Waals surface area contributed by atoms with Crippen LogP contribution < -0.4 is 14.6 Å². The van der Waals surface area contributed by atoms with E-state index in [0.717, 1.165) is 0 Å². The number of fused-ring (bicyclic) bond motifs is 1. The number of ether oxygens (including phenoxy) is 1. The average molecular weight is 385 g/mol. The third-order valence-corrected chi connectivity index (χ3v) is 5.32. The molecule has 7 nitrogen and oxygen atoms in total. The number of hydrogen-bond donors (Lipinski definition) is 3. The van der Waals surface area contributed by atoms with E-state index < -0.39 is 15.5 Å². The molecule has 1 aromatic heterocycles. The molecular weight excluding hydrogens is 371 g/mol. The van der Waals surface area contributed by atoms with E-state index in [1.165, 1.54) is 4.13 Å². The van der Waals surface area contributed by atoms with E-state index in [4.69, 9.17) is 4.74 Å². The minimum Gasteiger partial charge on any atom is -0.494 e. The summed E-state index contributed by atoms with van der Waals surface area (Å²) >= 11 is 0.481. The van der Waals surface area contributed by atoms with Gasteiger partial charge in [-0.1, -0.05) is 11.9 Å². The second-order valence-corrected chi connectivity index (χ2v) is 7.56. The summed E-state index contributed by atoms with van der Waals surface area (Å²) in [7, 11) is -5.30. The smallest absolute Gasteiger partial charge is 0.494 e. The quantitative estimate of drug-likeness (QED) is 0.477. The third-order valence-electron chi connectivity index (χ3n) is 2.87. The van der Waals surface area contributed by atoms with E-state index in [0.29, 0.717) is 48.2 Å². The number of benzene rings is 1. The summed E-state index contributed by atoms with van der Waals surface area (Å²) in [5, 5.41) is 0. The number of aromatic amines is 2. The summed E-state index contributed by atoms with van der Waals surface area (Å²) in [5.41, 5.74) is -4.36. The van der Waals surface area contributed by atoms with Gasteiger partial charge in [-0.15, -0.1) is 0 Å². The van der Waals surface area contributed by atoms with Crippen LogP contribution in [0.15, 0.2) is 23.0 Å². The van der Waals surface area contributed by atoms with Gasteiger partial charge in [0.25, 0.3) is 0 Å². The molecule has 134 valence electrons. The van der Waals surface area contributed by atoms with Crippen LogP contribution in [0.2, 0.25) is 0 Å². The number of H-pyrrole nitrogens is 2. The first-order valence-corrected chi connectivity index (χ1v) is 9.21. The monoisotopic (exact) mass is 385 g/mol. The highest BCUT2D eigenvalue weighted by atomic mass is 32.3. The van der Waals surface area contributed by atoms with Gasteiger partial charge in [-0.2, -0.15) is 17.3 Å². The zero-order chi connectivity index (χ0) is 17.8. The molecule has 0 unspecified atom stereocenters. The molecule has 0 aliphatic carbocycles. The minimum atomic E-state index is -5.30. The first kappa shape index (κ1) is 18.7. The van der Waals surface area contributed by atoms with Gasteiger partial charge in [0.15, 0.2) is 0 Å². The van der Waals surface area contributed by atoms with Gasteiger partial charge in [0.05, 0.1) is 17.6 Å². The average Bonchev–Trinajstić information content (AvgIpc) is 2.84. The molecule has 0 saturated heterocycles. The van der Waals surface area contributed by atoms with Crippen LogP contribution in [0.5, 0.6) is 5.75 Å². The predicted molar refractivity (Wildman–Crippen MR) is 84.2 cm³/mol. The molecule has 12 heteroatoms. The number of imidazole rings is 1. The van der Waals surface area contributed by atoms with E-state index in [1.807, 2.05) is 0 Å². The van der Waals surface area contributed by atoms with Crippen LogP contribution in [0.3, 0.4) is 0 Å². The molecule has 2 aromatic rings. The van der Waals surface area contributed by atoms with Crippen molar-refractivity contribution in [3.63, 3.8) is 0 Å². The summed E-state index contributed by atoms with van der Waals surface area (Å²) < 4.78 is 64.5. The Bertz CT molecular complexity index is 845. The largest absolute Gasteiger partial charge is 0.512 e. The molecule has 0 fully saturated rings. The van der Waals surface area contributed by atoms with Crippen molar-refractivity contribution in [1.29, 1.82) is 0 Å². The molecule has 0 amide bonds. The Morgan fingerprint density at radius 2 is 1.88 bits per heavy atom. The van der Waals surface area contributed by atoms with Gasteiger partial charge in [-0.05, 0) is 25.0 Å². The van der Waals surface area contributed by atoms with Crippen LogP contribution in [0.25, 0.3) is 11.0 Å². The fourth-order valence-electron chi connectivity index (χ4n) is 1.73. The summed E-state index contributed by atoms with van der Waals surface area (Å²) in [6.07, 6.45) is 0.997. The number of aromatic nitrogens is 2. The Balaban J connectivity index is 1.67. The van der Waals surface area contributed by atoms with E-state index in [2.05, 4.69) is 9.97 Å². The summed E-state index contributed by atoms with van der Waals surface area (Å²) in [4.78, 5) is 16.3. The molecule has 1 aromatic carbocycles. The van der Waals surface area contributed by atoms with Gasteiger partial charge in [0, 0.05) is 11.8 Å². The molecule has 1 heterocycles. The molecule has 0 atom stereocenters. The van der Waals surface area contributed by atoms with Crippen molar-refractivity contribution in [2.24, 2.45) is 0 Å². The van der Waals surface area contributed by atoms with Crippen molar-refractivity contribution >= 4 is 33.0 Å². The second-order valence-electron chi connectivity index (χ2n) is 4.72. The summed E-state index contributed by atoms with van der Waals surface area (Å²) in [6, 6.07) is 5.02. The lowest BCUT2D eigenvalue weighted by Crippen LogP contribution is -2.32. The first-order valence-electron chi connectivity index (χ1n) is 6.74. The van der Waals surface area contributed by atoms with Gasteiger partial charge in [0.2, 0.25) is 0 Å². The Morgan fingerprint density at radius 1 is 1.17 bits per heavy atom. The van der Waals surface area contributed by atoms with Crippen LogP contribution in [0.4, 0.5) is 13.2 Å². The normalized spacial score (nSPS) is 12.6. The Labute approximate surface area is 139 Å². The van der Waals surface area contributed by atoms with E-state index in [1.54, 1.807) is 18.2 Å². The molecular formula is C12H14F3N3O4S2. The summed E-state index contributed by atoms with van der Waals surface area (Å²) in [5.74, 6) is 0.728. The molecule has 0 aliphatic heterocycles. The Morgan fingerprint density at radius 3 is 2.58 bits per heavy atom. The minimum absolute atomic E-state index is 0.183. The topological polar surface area (TPSA) is 104 Å². The van der Waals surface area contributed by atoms with E-state index in [9.17, 15) is 26.4 Å². The van der Waals surface area contributed by atoms with Crippen LogP contribution in [0, 0.1) is 0 Å². The number of nitrogens with one attached hydrogen (secondary N) is 3. The van der Waals surface area contributed by atoms with Gasteiger partial charge in [0.1, 0.15) is 5.75 Å². The predicted octanol–water partition coefficient (Wildman–Crippen LogP) is 2.10. The van der Waals surface area contributed by atoms with Gasteiger partial charge in [-0.3, -0.25) is 0 Å². The number of alkyl halides is 3. The molecule has 2 rings (SSSR count). The Kier molecular flexibility index (Phi) is 5.83. The molecule has 0 saturated carbocycles. The highest BCUT2D eigenvalue weighted by molar-refractivity contribution is 8.09. The molecule has 0 aliphatic rings. The van der Waals surface area contributed by atoms with Gasteiger partial charge in [-0.25, -0.2) is 13.2 Å². The molecule has 3 N–H and O–H groups in total. The highest BCUT2D eigenvalue weighted by Gasteiger charge is 2.45. The van der Waals surface area contributed by atoms with Crippen LogP contribution in [-0.4, -0.2) is 36.3 Å². The maximum Gasteiger partial charge on any atom is 0.512 e. The van der Waals surface area contributed by atoms with Crippen LogP contribution in [0.1, 0.15) is 12.8 Å². The molecule has 0 bridgehead atoms. The van der Waals surface area contributed by atoms with E-state index >= 15 is 0 Å². The van der Waals surface area contributed by atoms with Crippen molar-refractivity contribution in [2.75, 3.05) is 12.4 Å². The van der Waals surface area contributed by atoms with Crippen molar-refractivity contribution < 1.29 is 26.3 Å². The number of hydrogen-bond acceptors (Lipinski definition) is 5. The van der Waals surface area contributed by atoms with Crippen molar-refractivity contribution in [3.8, 4) is 5.75 Å². The van der Waals surface area contributed by atoms with Gasteiger partial charge >= 0.3 is 21.2 Å². The fourth-order valence-corrected chi connectivity index (χ4v) is 3.41. The number of unbranched alkanes of at least 4 members (excludes halogenated alkanes) is 1. The maximum atomic E-state index is 12.1. The number of halogens is 3. The standard InChI is InChI=1S/C12H14F3N3O4S2/c13-12(14,15)24(20,21)18-23-6-2-1-5-22-8-3-4-9-10(7-8)17-11(19)16-9/h3-4,7,18H,1-2,5-6H2,(H2,16,17,19). The SMILES string of the molecule is O=c1[nH]c2ccc(OCCCCSNS(=O)(=O)C(F)(F)F)cc2[nH]1. The van der Waals surface area contributed by atoms with Crippen LogP contribution >= 0.6 is 11.9 Å². The second kappa shape index (κ2) is 7.49. The zero-order valence-corrected chi connectivity index (χ0v) is 13.8.